The van der Waals surface area contributed by atoms with Crippen molar-refractivity contribution in [2.75, 3.05) is 18.5 Å². The minimum Gasteiger partial charge on any atom is -0.465 e. The fraction of sp³-hybridized carbons (Fsp3) is 0.105. The van der Waals surface area contributed by atoms with Gasteiger partial charge in [0.15, 0.2) is 0 Å². The molecule has 0 N–H and O–H groups in total. The van der Waals surface area contributed by atoms with Crippen LogP contribution in [0.1, 0.15) is 10.4 Å². The Balaban J connectivity index is 1.96. The summed E-state index contributed by atoms with van der Waals surface area (Å²) in [6.45, 7) is 0. The maximum atomic E-state index is 12.8. The summed E-state index contributed by atoms with van der Waals surface area (Å²) in [5.74, 6) is -0.508. The number of methoxy groups -OCH3 is 1. The zero-order valence-corrected chi connectivity index (χ0v) is 14.7. The lowest BCUT2D eigenvalue weighted by Gasteiger charge is -2.20. The number of fused-ring (bicyclic) bond motifs is 1. The highest BCUT2D eigenvalue weighted by molar-refractivity contribution is 7.92. The molecule has 6 heteroatoms. The standard InChI is InChI=1S/C19H17NO4S/c1-20(17-10-7-14-5-3-4-6-16(14)13-17)25(22,23)18-11-8-15(9-12-18)19(21)24-2/h3-13H,1-2H3. The fourth-order valence-corrected chi connectivity index (χ4v) is 3.74. The first kappa shape index (κ1) is 17.0. The molecule has 25 heavy (non-hydrogen) atoms. The Morgan fingerprint density at radius 3 is 2.20 bits per heavy atom. The predicted molar refractivity (Wildman–Crippen MR) is 97.3 cm³/mol. The van der Waals surface area contributed by atoms with Crippen LogP contribution in [0.4, 0.5) is 5.69 Å². The lowest BCUT2D eigenvalue weighted by molar-refractivity contribution is 0.0600. The number of sulfonamides is 1. The summed E-state index contributed by atoms with van der Waals surface area (Å²) in [5.41, 5.74) is 0.866. The first-order valence-electron chi connectivity index (χ1n) is 7.59. The summed E-state index contributed by atoms with van der Waals surface area (Å²) in [7, 11) is -0.943. The van der Waals surface area contributed by atoms with Gasteiger partial charge in [-0.15, -0.1) is 0 Å². The molecule has 3 rings (SSSR count). The first-order chi connectivity index (χ1) is 11.9. The third kappa shape index (κ3) is 3.21. The Morgan fingerprint density at radius 1 is 0.920 bits per heavy atom. The van der Waals surface area contributed by atoms with Gasteiger partial charge in [0, 0.05) is 7.05 Å². The first-order valence-corrected chi connectivity index (χ1v) is 9.03. The monoisotopic (exact) mass is 355 g/mol. The Morgan fingerprint density at radius 2 is 1.56 bits per heavy atom. The van der Waals surface area contributed by atoms with Crippen LogP contribution in [0, 0.1) is 0 Å². The average Bonchev–Trinajstić information content (AvgIpc) is 2.66. The molecular weight excluding hydrogens is 338 g/mol. The van der Waals surface area contributed by atoms with Gasteiger partial charge < -0.3 is 4.74 Å². The number of esters is 1. The lowest BCUT2D eigenvalue weighted by Crippen LogP contribution is -2.26. The van der Waals surface area contributed by atoms with Crippen molar-refractivity contribution in [1.82, 2.24) is 0 Å². The van der Waals surface area contributed by atoms with Gasteiger partial charge in [0.05, 0.1) is 23.3 Å². The van der Waals surface area contributed by atoms with Gasteiger partial charge in [-0.05, 0) is 47.2 Å². The van der Waals surface area contributed by atoms with Crippen molar-refractivity contribution in [2.45, 2.75) is 4.90 Å². The Labute approximate surface area is 146 Å². The quantitative estimate of drug-likeness (QED) is 0.673. The molecule has 0 radical (unpaired) electrons. The number of carbonyl (C=O) groups excluding carboxylic acids is 1. The van der Waals surface area contributed by atoms with E-state index in [4.69, 9.17) is 0 Å². The molecule has 0 amide bonds. The lowest BCUT2D eigenvalue weighted by atomic mass is 10.1. The maximum absolute atomic E-state index is 12.8. The van der Waals surface area contributed by atoms with Gasteiger partial charge in [-0.25, -0.2) is 13.2 Å². The van der Waals surface area contributed by atoms with Crippen LogP contribution in [0.25, 0.3) is 10.8 Å². The molecule has 0 bridgehead atoms. The van der Waals surface area contributed by atoms with E-state index in [0.29, 0.717) is 11.3 Å². The van der Waals surface area contributed by atoms with Gasteiger partial charge in [-0.1, -0.05) is 30.3 Å². The molecule has 0 atom stereocenters. The number of ether oxygens (including phenoxy) is 1. The largest absolute Gasteiger partial charge is 0.465 e. The fourth-order valence-electron chi connectivity index (χ4n) is 2.55. The molecule has 0 fully saturated rings. The van der Waals surface area contributed by atoms with E-state index < -0.39 is 16.0 Å². The van der Waals surface area contributed by atoms with Crippen LogP contribution >= 0.6 is 0 Å². The molecule has 0 aliphatic rings. The Kier molecular flexibility index (Phi) is 4.46. The highest BCUT2D eigenvalue weighted by atomic mass is 32.2. The van der Waals surface area contributed by atoms with Crippen LogP contribution in [0.15, 0.2) is 71.6 Å². The summed E-state index contributed by atoms with van der Waals surface area (Å²) >= 11 is 0. The normalized spacial score (nSPS) is 11.3. The Bertz CT molecular complexity index is 1030. The van der Waals surface area contributed by atoms with E-state index in [1.54, 1.807) is 6.07 Å². The number of hydrogen-bond donors (Lipinski definition) is 0. The van der Waals surface area contributed by atoms with Crippen molar-refractivity contribution >= 4 is 32.5 Å². The van der Waals surface area contributed by atoms with Gasteiger partial charge in [0.2, 0.25) is 0 Å². The molecule has 128 valence electrons. The molecule has 0 aliphatic carbocycles. The highest BCUT2D eigenvalue weighted by Gasteiger charge is 2.22. The summed E-state index contributed by atoms with van der Waals surface area (Å²) in [6.07, 6.45) is 0. The Hall–Kier alpha value is -2.86. The molecule has 0 aliphatic heterocycles. The van der Waals surface area contributed by atoms with Crippen LogP contribution in [0.3, 0.4) is 0 Å². The summed E-state index contributed by atoms with van der Waals surface area (Å²) in [6, 6.07) is 18.9. The molecule has 0 heterocycles. The van der Waals surface area contributed by atoms with Crippen LogP contribution in [-0.4, -0.2) is 28.5 Å². The molecule has 3 aromatic carbocycles. The molecule has 0 unspecified atom stereocenters. The molecule has 0 aromatic heterocycles. The van der Waals surface area contributed by atoms with Crippen molar-refractivity contribution in [3.63, 3.8) is 0 Å². The summed E-state index contributed by atoms with van der Waals surface area (Å²) < 4.78 is 31.5. The van der Waals surface area contributed by atoms with E-state index in [-0.39, 0.29) is 4.90 Å². The number of benzene rings is 3. The van der Waals surface area contributed by atoms with Gasteiger partial charge in [-0.3, -0.25) is 4.31 Å². The van der Waals surface area contributed by atoms with Crippen molar-refractivity contribution < 1.29 is 17.9 Å². The molecule has 0 saturated heterocycles. The van der Waals surface area contributed by atoms with Crippen molar-refractivity contribution in [3.8, 4) is 0 Å². The minimum atomic E-state index is -3.73. The number of carbonyl (C=O) groups is 1. The zero-order valence-electron chi connectivity index (χ0n) is 13.8. The second-order valence-corrected chi connectivity index (χ2v) is 7.49. The highest BCUT2D eigenvalue weighted by Crippen LogP contribution is 2.26. The van der Waals surface area contributed by atoms with Crippen LogP contribution in [-0.2, 0) is 14.8 Å². The number of rotatable bonds is 4. The number of hydrogen-bond acceptors (Lipinski definition) is 4. The molecule has 5 nitrogen and oxygen atoms in total. The van der Waals surface area contributed by atoms with Crippen molar-refractivity contribution in [3.05, 3.63) is 72.3 Å². The van der Waals surface area contributed by atoms with Gasteiger partial charge in [0.25, 0.3) is 10.0 Å². The second-order valence-electron chi connectivity index (χ2n) is 5.52. The van der Waals surface area contributed by atoms with E-state index in [1.807, 2.05) is 36.4 Å². The van der Waals surface area contributed by atoms with E-state index in [0.717, 1.165) is 10.8 Å². The zero-order chi connectivity index (χ0) is 18.0. The van der Waals surface area contributed by atoms with E-state index in [9.17, 15) is 13.2 Å². The molecular formula is C19H17NO4S. The third-order valence-corrected chi connectivity index (χ3v) is 5.83. The van der Waals surface area contributed by atoms with E-state index in [2.05, 4.69) is 4.74 Å². The third-order valence-electron chi connectivity index (χ3n) is 4.03. The van der Waals surface area contributed by atoms with E-state index >= 15 is 0 Å². The van der Waals surface area contributed by atoms with Crippen LogP contribution in [0.5, 0.6) is 0 Å². The molecule has 0 saturated carbocycles. The molecule has 3 aromatic rings. The second kappa shape index (κ2) is 6.57. The van der Waals surface area contributed by atoms with Gasteiger partial charge in [-0.2, -0.15) is 0 Å². The smallest absolute Gasteiger partial charge is 0.337 e. The maximum Gasteiger partial charge on any atom is 0.337 e. The predicted octanol–water partition coefficient (Wildman–Crippen LogP) is 3.45. The minimum absolute atomic E-state index is 0.107. The van der Waals surface area contributed by atoms with Crippen molar-refractivity contribution in [2.24, 2.45) is 0 Å². The average molecular weight is 355 g/mol. The number of anilines is 1. The summed E-state index contributed by atoms with van der Waals surface area (Å²) in [4.78, 5) is 11.6. The van der Waals surface area contributed by atoms with Gasteiger partial charge in [0.1, 0.15) is 0 Å². The molecule has 0 spiro atoms. The van der Waals surface area contributed by atoms with Gasteiger partial charge >= 0.3 is 5.97 Å². The summed E-state index contributed by atoms with van der Waals surface area (Å²) in [5, 5.41) is 2.00. The topological polar surface area (TPSA) is 63.7 Å². The van der Waals surface area contributed by atoms with Crippen LogP contribution < -0.4 is 4.31 Å². The van der Waals surface area contributed by atoms with E-state index in [1.165, 1.54) is 42.7 Å². The van der Waals surface area contributed by atoms with Crippen molar-refractivity contribution in [1.29, 1.82) is 0 Å². The SMILES string of the molecule is COC(=O)c1ccc(S(=O)(=O)N(C)c2ccc3ccccc3c2)cc1. The number of nitrogens with zero attached hydrogens (tertiary/aromatic N) is 1. The van der Waals surface area contributed by atoms with Crippen LogP contribution in [0.2, 0.25) is 0 Å².